The lowest BCUT2D eigenvalue weighted by atomic mass is 10.1. The molecule has 0 atom stereocenters. The van der Waals surface area contributed by atoms with E-state index in [1.807, 2.05) is 18.2 Å². The van der Waals surface area contributed by atoms with Crippen LogP contribution in [0.3, 0.4) is 0 Å². The van der Waals surface area contributed by atoms with E-state index in [-0.39, 0.29) is 0 Å². The molecule has 1 rings (SSSR count). The van der Waals surface area contributed by atoms with Crippen molar-refractivity contribution in [1.29, 1.82) is 0 Å². The van der Waals surface area contributed by atoms with E-state index in [4.69, 9.17) is 17.3 Å². The van der Waals surface area contributed by atoms with Crippen LogP contribution < -0.4 is 5.73 Å². The van der Waals surface area contributed by atoms with Crippen LogP contribution in [-0.2, 0) is 6.54 Å². The van der Waals surface area contributed by atoms with Crippen LogP contribution in [0.2, 0.25) is 5.02 Å². The second-order valence-electron chi connectivity index (χ2n) is 3.28. The Balaban J connectivity index is 3.06. The largest absolute Gasteiger partial charge is 0.326 e. The zero-order valence-electron chi connectivity index (χ0n) is 7.97. The minimum absolute atomic E-state index is 0.489. The van der Waals surface area contributed by atoms with Crippen LogP contribution >= 0.6 is 11.6 Å². The quantitative estimate of drug-likeness (QED) is 0.771. The average molecular weight is 196 g/mol. The van der Waals surface area contributed by atoms with Crippen molar-refractivity contribution in [2.75, 3.05) is 0 Å². The first-order valence-corrected chi connectivity index (χ1v) is 4.64. The molecule has 1 nitrogen and oxygen atoms in total. The number of allylic oxidation sites excluding steroid dienone is 1. The van der Waals surface area contributed by atoms with Gasteiger partial charge in [-0.05, 0) is 37.1 Å². The normalized spacial score (nSPS) is 9.85. The van der Waals surface area contributed by atoms with Gasteiger partial charge in [-0.3, -0.25) is 0 Å². The van der Waals surface area contributed by atoms with Crippen LogP contribution in [0.15, 0.2) is 23.8 Å². The van der Waals surface area contributed by atoms with Crippen LogP contribution in [0.4, 0.5) is 0 Å². The van der Waals surface area contributed by atoms with Crippen molar-refractivity contribution in [3.05, 3.63) is 39.9 Å². The van der Waals surface area contributed by atoms with Gasteiger partial charge >= 0.3 is 0 Å². The van der Waals surface area contributed by atoms with E-state index < -0.39 is 0 Å². The first-order chi connectivity index (χ1) is 6.13. The third-order valence-corrected chi connectivity index (χ3v) is 2.11. The first kappa shape index (κ1) is 10.3. The van der Waals surface area contributed by atoms with E-state index in [1.54, 1.807) is 0 Å². The number of hydrogen-bond acceptors (Lipinski definition) is 1. The van der Waals surface area contributed by atoms with Gasteiger partial charge in [-0.15, -0.1) is 0 Å². The van der Waals surface area contributed by atoms with E-state index >= 15 is 0 Å². The summed E-state index contributed by atoms with van der Waals surface area (Å²) in [6, 6.07) is 5.91. The van der Waals surface area contributed by atoms with Crippen molar-refractivity contribution in [1.82, 2.24) is 0 Å². The fourth-order valence-electron chi connectivity index (χ4n) is 1.17. The molecular formula is C11H14ClN. The van der Waals surface area contributed by atoms with E-state index in [2.05, 4.69) is 19.9 Å². The van der Waals surface area contributed by atoms with Gasteiger partial charge in [-0.25, -0.2) is 0 Å². The molecule has 0 aliphatic heterocycles. The molecule has 0 aliphatic rings. The highest BCUT2D eigenvalue weighted by Gasteiger charge is 1.98. The fourth-order valence-corrected chi connectivity index (χ4v) is 1.37. The minimum Gasteiger partial charge on any atom is -0.326 e. The molecule has 0 heterocycles. The van der Waals surface area contributed by atoms with Crippen LogP contribution in [0.1, 0.15) is 25.0 Å². The topological polar surface area (TPSA) is 26.0 Å². The molecule has 0 unspecified atom stereocenters. The van der Waals surface area contributed by atoms with Crippen LogP contribution in [0.5, 0.6) is 0 Å². The monoisotopic (exact) mass is 195 g/mol. The van der Waals surface area contributed by atoms with Crippen molar-refractivity contribution in [2.24, 2.45) is 5.73 Å². The highest BCUT2D eigenvalue weighted by Crippen LogP contribution is 2.18. The molecule has 0 aliphatic carbocycles. The molecule has 0 radical (unpaired) electrons. The number of rotatable bonds is 2. The van der Waals surface area contributed by atoms with Crippen molar-refractivity contribution in [2.45, 2.75) is 20.4 Å². The summed E-state index contributed by atoms with van der Waals surface area (Å²) in [5, 5.41) is 0.744. The molecule has 70 valence electrons. The van der Waals surface area contributed by atoms with Gasteiger partial charge in [0.2, 0.25) is 0 Å². The SMILES string of the molecule is CC(C)=Cc1ccc(Cl)c(CN)c1. The van der Waals surface area contributed by atoms with Crippen molar-refractivity contribution < 1.29 is 0 Å². The molecule has 0 spiro atoms. The number of hydrogen-bond donors (Lipinski definition) is 1. The van der Waals surface area contributed by atoms with Gasteiger partial charge in [0.05, 0.1) is 0 Å². The van der Waals surface area contributed by atoms with E-state index in [9.17, 15) is 0 Å². The summed E-state index contributed by atoms with van der Waals surface area (Å²) in [6.07, 6.45) is 2.11. The van der Waals surface area contributed by atoms with Gasteiger partial charge in [0.1, 0.15) is 0 Å². The Bertz CT molecular complexity index is 325. The van der Waals surface area contributed by atoms with Gasteiger partial charge in [-0.2, -0.15) is 0 Å². The van der Waals surface area contributed by atoms with Crippen LogP contribution in [0.25, 0.3) is 6.08 Å². The highest BCUT2D eigenvalue weighted by atomic mass is 35.5. The molecule has 0 aromatic heterocycles. The molecule has 0 bridgehead atoms. The summed E-state index contributed by atoms with van der Waals surface area (Å²) in [4.78, 5) is 0. The molecule has 2 heteroatoms. The fraction of sp³-hybridized carbons (Fsp3) is 0.273. The van der Waals surface area contributed by atoms with Gasteiger partial charge in [0.25, 0.3) is 0 Å². The predicted molar refractivity (Wildman–Crippen MR) is 58.7 cm³/mol. The Morgan fingerprint density at radius 3 is 2.69 bits per heavy atom. The predicted octanol–water partition coefficient (Wildman–Crippen LogP) is 3.22. The van der Waals surface area contributed by atoms with E-state index in [1.165, 1.54) is 5.57 Å². The molecule has 1 aromatic carbocycles. The molecule has 2 N–H and O–H groups in total. The van der Waals surface area contributed by atoms with Gasteiger partial charge in [0.15, 0.2) is 0 Å². The Morgan fingerprint density at radius 1 is 1.46 bits per heavy atom. The zero-order valence-corrected chi connectivity index (χ0v) is 8.73. The summed E-state index contributed by atoms with van der Waals surface area (Å²) >= 11 is 5.93. The van der Waals surface area contributed by atoms with E-state index in [0.717, 1.165) is 16.1 Å². The number of halogens is 1. The third-order valence-electron chi connectivity index (χ3n) is 1.75. The minimum atomic E-state index is 0.489. The average Bonchev–Trinajstić information content (AvgIpc) is 2.07. The molecule has 0 amide bonds. The first-order valence-electron chi connectivity index (χ1n) is 4.27. The second kappa shape index (κ2) is 4.45. The molecule has 0 saturated carbocycles. The van der Waals surface area contributed by atoms with Crippen LogP contribution in [-0.4, -0.2) is 0 Å². The standard InChI is InChI=1S/C11H14ClN/c1-8(2)5-9-3-4-11(12)10(6-9)7-13/h3-6H,7,13H2,1-2H3. The van der Waals surface area contributed by atoms with Crippen molar-refractivity contribution >= 4 is 17.7 Å². The molecular weight excluding hydrogens is 182 g/mol. The smallest absolute Gasteiger partial charge is 0.0451 e. The maximum atomic E-state index is 5.93. The maximum absolute atomic E-state index is 5.93. The molecule has 13 heavy (non-hydrogen) atoms. The summed E-state index contributed by atoms with van der Waals surface area (Å²) in [6.45, 7) is 4.62. The maximum Gasteiger partial charge on any atom is 0.0451 e. The molecule has 0 saturated heterocycles. The number of benzene rings is 1. The lowest BCUT2D eigenvalue weighted by Gasteiger charge is -2.02. The lowest BCUT2D eigenvalue weighted by Crippen LogP contribution is -1.97. The van der Waals surface area contributed by atoms with Crippen molar-refractivity contribution in [3.63, 3.8) is 0 Å². The lowest BCUT2D eigenvalue weighted by molar-refractivity contribution is 1.07. The Hall–Kier alpha value is -0.790. The summed E-state index contributed by atoms with van der Waals surface area (Å²) in [7, 11) is 0. The summed E-state index contributed by atoms with van der Waals surface area (Å²) in [5.74, 6) is 0. The van der Waals surface area contributed by atoms with Gasteiger partial charge in [-0.1, -0.05) is 29.3 Å². The Kier molecular flexibility index (Phi) is 3.52. The van der Waals surface area contributed by atoms with Gasteiger partial charge < -0.3 is 5.73 Å². The second-order valence-corrected chi connectivity index (χ2v) is 3.68. The van der Waals surface area contributed by atoms with Crippen LogP contribution in [0, 0.1) is 0 Å². The van der Waals surface area contributed by atoms with Gasteiger partial charge in [0, 0.05) is 11.6 Å². The summed E-state index contributed by atoms with van der Waals surface area (Å²) < 4.78 is 0. The van der Waals surface area contributed by atoms with E-state index in [0.29, 0.717) is 6.54 Å². The molecule has 0 fully saturated rings. The Morgan fingerprint density at radius 2 is 2.15 bits per heavy atom. The van der Waals surface area contributed by atoms with Crippen molar-refractivity contribution in [3.8, 4) is 0 Å². The highest BCUT2D eigenvalue weighted by molar-refractivity contribution is 6.31. The zero-order chi connectivity index (χ0) is 9.84. The molecule has 1 aromatic rings. The number of nitrogens with two attached hydrogens (primary N) is 1. The third kappa shape index (κ3) is 2.87. The Labute approximate surface area is 84.2 Å². The summed E-state index contributed by atoms with van der Waals surface area (Å²) in [5.41, 5.74) is 8.97.